The molecule has 1 heterocycles. The largest absolute Gasteiger partial charge is 0.258 e. The molecule has 1 aromatic rings. The molecular weight excluding hydrogens is 245 g/mol. The van der Waals surface area contributed by atoms with Crippen LogP contribution in [0.1, 0.15) is 26.0 Å². The van der Waals surface area contributed by atoms with Gasteiger partial charge in [0.2, 0.25) is 0 Å². The van der Waals surface area contributed by atoms with Crippen LogP contribution in [0.15, 0.2) is 18.3 Å². The SMILES string of the molecule is CC(C)CC(Br)Cc1ccc(F)cn1. The Hall–Kier alpha value is -0.440. The molecule has 14 heavy (non-hydrogen) atoms. The van der Waals surface area contributed by atoms with Gasteiger partial charge in [0, 0.05) is 16.9 Å². The standard InChI is InChI=1S/C11H15BrFN/c1-8(2)5-9(12)6-11-4-3-10(13)7-14-11/h3-4,7-9H,5-6H2,1-2H3. The van der Waals surface area contributed by atoms with Gasteiger partial charge in [-0.25, -0.2) is 4.39 Å². The number of hydrogen-bond acceptors (Lipinski definition) is 1. The molecule has 0 fully saturated rings. The van der Waals surface area contributed by atoms with Gasteiger partial charge < -0.3 is 0 Å². The van der Waals surface area contributed by atoms with Gasteiger partial charge in [0.05, 0.1) is 6.20 Å². The van der Waals surface area contributed by atoms with E-state index in [2.05, 4.69) is 34.8 Å². The third-order valence-electron chi connectivity index (χ3n) is 1.95. The normalized spacial score (nSPS) is 13.2. The Bertz CT molecular complexity index is 271. The van der Waals surface area contributed by atoms with Crippen molar-refractivity contribution in [2.45, 2.75) is 31.5 Å². The monoisotopic (exact) mass is 259 g/mol. The number of pyridine rings is 1. The summed E-state index contributed by atoms with van der Waals surface area (Å²) >= 11 is 3.60. The molecule has 0 aliphatic rings. The van der Waals surface area contributed by atoms with Gasteiger partial charge in [-0.15, -0.1) is 0 Å². The molecule has 0 aliphatic carbocycles. The van der Waals surface area contributed by atoms with Crippen molar-refractivity contribution in [2.75, 3.05) is 0 Å². The average molecular weight is 260 g/mol. The van der Waals surface area contributed by atoms with E-state index in [1.807, 2.05) is 0 Å². The fraction of sp³-hybridized carbons (Fsp3) is 0.545. The molecule has 0 N–H and O–H groups in total. The lowest BCUT2D eigenvalue weighted by molar-refractivity contribution is 0.566. The third kappa shape index (κ3) is 4.18. The molecule has 0 saturated heterocycles. The van der Waals surface area contributed by atoms with Crippen molar-refractivity contribution in [1.82, 2.24) is 4.98 Å². The lowest BCUT2D eigenvalue weighted by Crippen LogP contribution is -2.07. The molecule has 1 aromatic heterocycles. The summed E-state index contributed by atoms with van der Waals surface area (Å²) in [7, 11) is 0. The Labute approximate surface area is 92.9 Å². The minimum absolute atomic E-state index is 0.274. The molecule has 1 nitrogen and oxygen atoms in total. The van der Waals surface area contributed by atoms with E-state index in [9.17, 15) is 4.39 Å². The maximum Gasteiger partial charge on any atom is 0.141 e. The van der Waals surface area contributed by atoms with Crippen LogP contribution < -0.4 is 0 Å². The summed E-state index contributed by atoms with van der Waals surface area (Å²) in [5.41, 5.74) is 0.939. The van der Waals surface area contributed by atoms with Crippen molar-refractivity contribution in [3.63, 3.8) is 0 Å². The molecule has 0 spiro atoms. The summed E-state index contributed by atoms with van der Waals surface area (Å²) in [6.45, 7) is 4.37. The van der Waals surface area contributed by atoms with Crippen LogP contribution in [0, 0.1) is 11.7 Å². The number of rotatable bonds is 4. The van der Waals surface area contributed by atoms with Crippen molar-refractivity contribution in [3.8, 4) is 0 Å². The topological polar surface area (TPSA) is 12.9 Å². The highest BCUT2D eigenvalue weighted by atomic mass is 79.9. The summed E-state index contributed by atoms with van der Waals surface area (Å²) in [6.07, 6.45) is 3.24. The van der Waals surface area contributed by atoms with Gasteiger partial charge in [-0.3, -0.25) is 4.98 Å². The van der Waals surface area contributed by atoms with Crippen LogP contribution in [0.5, 0.6) is 0 Å². The van der Waals surface area contributed by atoms with Gasteiger partial charge in [-0.2, -0.15) is 0 Å². The fourth-order valence-corrected chi connectivity index (χ4v) is 2.43. The summed E-state index contributed by atoms with van der Waals surface area (Å²) < 4.78 is 12.6. The van der Waals surface area contributed by atoms with Crippen LogP contribution in [0.4, 0.5) is 4.39 Å². The molecule has 0 saturated carbocycles. The quantitative estimate of drug-likeness (QED) is 0.754. The minimum Gasteiger partial charge on any atom is -0.258 e. The highest BCUT2D eigenvalue weighted by Gasteiger charge is 2.08. The Morgan fingerprint density at radius 1 is 1.43 bits per heavy atom. The summed E-state index contributed by atoms with van der Waals surface area (Å²) in [6, 6.07) is 3.20. The van der Waals surface area contributed by atoms with E-state index in [1.54, 1.807) is 6.07 Å². The van der Waals surface area contributed by atoms with Gasteiger partial charge >= 0.3 is 0 Å². The molecule has 0 bridgehead atoms. The van der Waals surface area contributed by atoms with E-state index in [0.717, 1.165) is 18.5 Å². The first-order valence-electron chi connectivity index (χ1n) is 4.82. The zero-order valence-corrected chi connectivity index (χ0v) is 10.1. The van der Waals surface area contributed by atoms with E-state index in [-0.39, 0.29) is 5.82 Å². The van der Waals surface area contributed by atoms with Crippen molar-refractivity contribution >= 4 is 15.9 Å². The van der Waals surface area contributed by atoms with Crippen LogP contribution in [0.25, 0.3) is 0 Å². The molecule has 0 aliphatic heterocycles. The highest BCUT2D eigenvalue weighted by Crippen LogP contribution is 2.16. The number of halogens is 2. The lowest BCUT2D eigenvalue weighted by atomic mass is 10.1. The number of aromatic nitrogens is 1. The van der Waals surface area contributed by atoms with Gasteiger partial charge in [-0.05, 0) is 24.5 Å². The minimum atomic E-state index is -0.274. The van der Waals surface area contributed by atoms with Crippen molar-refractivity contribution in [2.24, 2.45) is 5.92 Å². The lowest BCUT2D eigenvalue weighted by Gasteiger charge is -2.11. The van der Waals surface area contributed by atoms with E-state index < -0.39 is 0 Å². The Morgan fingerprint density at radius 2 is 2.14 bits per heavy atom. The van der Waals surface area contributed by atoms with Gasteiger partial charge in [0.15, 0.2) is 0 Å². The van der Waals surface area contributed by atoms with Crippen LogP contribution >= 0.6 is 15.9 Å². The molecule has 78 valence electrons. The Balaban J connectivity index is 2.47. The van der Waals surface area contributed by atoms with Crippen molar-refractivity contribution in [1.29, 1.82) is 0 Å². The maximum atomic E-state index is 12.6. The zero-order chi connectivity index (χ0) is 10.6. The van der Waals surface area contributed by atoms with E-state index in [1.165, 1.54) is 12.3 Å². The molecule has 1 atom stereocenters. The second-order valence-corrected chi connectivity index (χ2v) is 5.19. The third-order valence-corrected chi connectivity index (χ3v) is 2.64. The Kier molecular flexibility index (Phi) is 4.52. The number of alkyl halides is 1. The average Bonchev–Trinajstić information content (AvgIpc) is 2.07. The smallest absolute Gasteiger partial charge is 0.141 e. The molecule has 1 rings (SSSR count). The first-order valence-corrected chi connectivity index (χ1v) is 5.74. The molecule has 0 radical (unpaired) electrons. The van der Waals surface area contributed by atoms with Gasteiger partial charge in [0.25, 0.3) is 0 Å². The van der Waals surface area contributed by atoms with E-state index in [4.69, 9.17) is 0 Å². The molecule has 0 aromatic carbocycles. The van der Waals surface area contributed by atoms with Crippen LogP contribution in [-0.2, 0) is 6.42 Å². The fourth-order valence-electron chi connectivity index (χ4n) is 1.35. The second-order valence-electron chi connectivity index (χ2n) is 3.90. The summed E-state index contributed by atoms with van der Waals surface area (Å²) in [4.78, 5) is 4.45. The second kappa shape index (κ2) is 5.44. The summed E-state index contributed by atoms with van der Waals surface area (Å²) in [5, 5.41) is 0. The zero-order valence-electron chi connectivity index (χ0n) is 8.50. The molecular formula is C11H15BrFN. The first kappa shape index (κ1) is 11.6. The van der Waals surface area contributed by atoms with E-state index >= 15 is 0 Å². The van der Waals surface area contributed by atoms with Crippen molar-refractivity contribution < 1.29 is 4.39 Å². The van der Waals surface area contributed by atoms with E-state index in [0.29, 0.717) is 10.7 Å². The number of hydrogen-bond donors (Lipinski definition) is 0. The highest BCUT2D eigenvalue weighted by molar-refractivity contribution is 9.09. The van der Waals surface area contributed by atoms with Gasteiger partial charge in [-0.1, -0.05) is 29.8 Å². The van der Waals surface area contributed by atoms with Crippen LogP contribution in [-0.4, -0.2) is 9.81 Å². The summed E-state index contributed by atoms with van der Waals surface area (Å²) in [5.74, 6) is 0.392. The molecule has 1 unspecified atom stereocenters. The van der Waals surface area contributed by atoms with Crippen LogP contribution in [0.3, 0.4) is 0 Å². The molecule has 0 amide bonds. The van der Waals surface area contributed by atoms with Crippen molar-refractivity contribution in [3.05, 3.63) is 29.8 Å². The molecule has 3 heteroatoms. The Morgan fingerprint density at radius 3 is 2.64 bits per heavy atom. The maximum absolute atomic E-state index is 12.6. The first-order chi connectivity index (χ1) is 6.58. The van der Waals surface area contributed by atoms with Crippen LogP contribution in [0.2, 0.25) is 0 Å². The van der Waals surface area contributed by atoms with Gasteiger partial charge in [0.1, 0.15) is 5.82 Å². The predicted molar refractivity (Wildman–Crippen MR) is 60.1 cm³/mol. The number of nitrogens with zero attached hydrogens (tertiary/aromatic N) is 1. The predicted octanol–water partition coefficient (Wildman–Crippen LogP) is 3.57.